The second-order valence-electron chi connectivity index (χ2n) is 3.70. The van der Waals surface area contributed by atoms with Crippen molar-refractivity contribution < 1.29 is 9.18 Å². The quantitative estimate of drug-likeness (QED) is 0.756. The second-order valence-corrected chi connectivity index (χ2v) is 3.70. The van der Waals surface area contributed by atoms with E-state index in [9.17, 15) is 9.18 Å². The summed E-state index contributed by atoms with van der Waals surface area (Å²) in [6, 6.07) is 4.54. The molecule has 2 heterocycles. The number of halogens is 1. The molecule has 2 rings (SSSR count). The van der Waals surface area contributed by atoms with Crippen molar-refractivity contribution in [1.82, 2.24) is 14.8 Å². The Morgan fingerprint density at radius 3 is 2.88 bits per heavy atom. The van der Waals surface area contributed by atoms with Crippen molar-refractivity contribution in [2.75, 3.05) is 0 Å². The van der Waals surface area contributed by atoms with Crippen LogP contribution in [0.25, 0.3) is 0 Å². The first-order chi connectivity index (χ1) is 8.18. The van der Waals surface area contributed by atoms with Crippen molar-refractivity contribution >= 4 is 5.78 Å². The maximum absolute atomic E-state index is 13.3. The Hall–Kier alpha value is -2.04. The van der Waals surface area contributed by atoms with Crippen LogP contribution in [0.15, 0.2) is 30.6 Å². The summed E-state index contributed by atoms with van der Waals surface area (Å²) in [6.07, 6.45) is 3.85. The van der Waals surface area contributed by atoms with Gasteiger partial charge in [-0.15, -0.1) is 0 Å². The number of aryl methyl sites for hydroxylation is 2. The summed E-state index contributed by atoms with van der Waals surface area (Å²) in [5, 5.41) is 4.00. The summed E-state index contributed by atoms with van der Waals surface area (Å²) in [4.78, 5) is 15.5. The second kappa shape index (κ2) is 4.86. The minimum Gasteiger partial charge on any atom is -0.292 e. The lowest BCUT2D eigenvalue weighted by molar-refractivity contribution is 0.0973. The average molecular weight is 233 g/mol. The maximum atomic E-state index is 13.3. The number of nitrogens with zero attached hydrogens (tertiary/aromatic N) is 3. The van der Waals surface area contributed by atoms with Gasteiger partial charge in [0.2, 0.25) is 0 Å². The van der Waals surface area contributed by atoms with Crippen LogP contribution in [0.5, 0.6) is 0 Å². The van der Waals surface area contributed by atoms with E-state index < -0.39 is 5.82 Å². The first-order valence-corrected chi connectivity index (χ1v) is 5.29. The van der Waals surface area contributed by atoms with Crippen LogP contribution in [0.1, 0.15) is 22.6 Å². The van der Waals surface area contributed by atoms with E-state index in [4.69, 9.17) is 0 Å². The van der Waals surface area contributed by atoms with Gasteiger partial charge < -0.3 is 0 Å². The van der Waals surface area contributed by atoms with E-state index in [0.29, 0.717) is 6.42 Å². The molecule has 2 aromatic heterocycles. The molecule has 0 aliphatic heterocycles. The topological polar surface area (TPSA) is 47.8 Å². The van der Waals surface area contributed by atoms with Gasteiger partial charge in [0.15, 0.2) is 11.6 Å². The lowest BCUT2D eigenvalue weighted by atomic mass is 10.1. The molecule has 0 spiro atoms. The number of hydrogen-bond acceptors (Lipinski definition) is 3. The van der Waals surface area contributed by atoms with Gasteiger partial charge in [-0.1, -0.05) is 0 Å². The van der Waals surface area contributed by atoms with Crippen LogP contribution in [-0.2, 0) is 13.5 Å². The highest BCUT2D eigenvalue weighted by Gasteiger charge is 2.13. The third-order valence-corrected chi connectivity index (χ3v) is 2.55. The van der Waals surface area contributed by atoms with Crippen LogP contribution in [0, 0.1) is 5.82 Å². The minimum absolute atomic E-state index is 0.0883. The summed E-state index contributed by atoms with van der Waals surface area (Å²) >= 11 is 0. The zero-order valence-corrected chi connectivity index (χ0v) is 9.43. The van der Waals surface area contributed by atoms with E-state index in [1.165, 1.54) is 18.3 Å². The highest BCUT2D eigenvalue weighted by Crippen LogP contribution is 2.09. The molecule has 0 aliphatic rings. The van der Waals surface area contributed by atoms with Gasteiger partial charge in [0.1, 0.15) is 5.69 Å². The molecule has 88 valence electrons. The number of aromatic nitrogens is 3. The molecule has 0 atom stereocenters. The predicted molar refractivity (Wildman–Crippen MR) is 60.1 cm³/mol. The molecule has 5 heteroatoms. The van der Waals surface area contributed by atoms with Gasteiger partial charge in [0, 0.05) is 31.6 Å². The summed E-state index contributed by atoms with van der Waals surface area (Å²) in [5.41, 5.74) is 0.851. The molecule has 0 saturated heterocycles. The van der Waals surface area contributed by atoms with Gasteiger partial charge in [-0.3, -0.25) is 14.5 Å². The molecule has 0 radical (unpaired) electrons. The third kappa shape index (κ3) is 2.55. The normalized spacial score (nSPS) is 10.5. The fourth-order valence-electron chi connectivity index (χ4n) is 1.60. The number of ketones is 1. The van der Waals surface area contributed by atoms with Gasteiger partial charge in [0.25, 0.3) is 0 Å². The lowest BCUT2D eigenvalue weighted by Gasteiger charge is -2.02. The Kier molecular flexibility index (Phi) is 3.27. The molecular weight excluding hydrogens is 221 g/mol. The standard InChI is InChI=1S/C12H12FN3O/c1-16-9(6-8-15-16)4-5-11(17)12-10(13)3-2-7-14-12/h2-3,6-8H,4-5H2,1H3. The number of hydrogen-bond donors (Lipinski definition) is 0. The molecule has 0 fully saturated rings. The van der Waals surface area contributed by atoms with E-state index >= 15 is 0 Å². The molecule has 0 aliphatic carbocycles. The molecule has 17 heavy (non-hydrogen) atoms. The Labute approximate surface area is 98.1 Å². The first-order valence-electron chi connectivity index (χ1n) is 5.29. The fourth-order valence-corrected chi connectivity index (χ4v) is 1.60. The molecule has 4 nitrogen and oxygen atoms in total. The van der Waals surface area contributed by atoms with E-state index in [0.717, 1.165) is 5.69 Å². The molecule has 0 N–H and O–H groups in total. The van der Waals surface area contributed by atoms with Crippen LogP contribution < -0.4 is 0 Å². The number of carbonyl (C=O) groups excluding carboxylic acids is 1. The van der Waals surface area contributed by atoms with Crippen LogP contribution in [0.4, 0.5) is 4.39 Å². The minimum atomic E-state index is -0.567. The molecule has 0 aromatic carbocycles. The Balaban J connectivity index is 2.04. The Bertz CT molecular complexity index is 536. The van der Waals surface area contributed by atoms with Crippen LogP contribution in [0.3, 0.4) is 0 Å². The van der Waals surface area contributed by atoms with Gasteiger partial charge >= 0.3 is 0 Å². The summed E-state index contributed by atoms with van der Waals surface area (Å²) in [6.45, 7) is 0. The average Bonchev–Trinajstić information content (AvgIpc) is 2.72. The highest BCUT2D eigenvalue weighted by atomic mass is 19.1. The maximum Gasteiger partial charge on any atom is 0.184 e. The summed E-state index contributed by atoms with van der Waals surface area (Å²) in [7, 11) is 1.81. The van der Waals surface area contributed by atoms with Gasteiger partial charge in [-0.05, 0) is 24.6 Å². The van der Waals surface area contributed by atoms with Crippen molar-refractivity contribution in [3.63, 3.8) is 0 Å². The zero-order valence-electron chi connectivity index (χ0n) is 9.43. The summed E-state index contributed by atoms with van der Waals surface area (Å²) < 4.78 is 15.0. The molecule has 0 saturated carbocycles. The Morgan fingerprint density at radius 1 is 1.41 bits per heavy atom. The van der Waals surface area contributed by atoms with E-state index in [2.05, 4.69) is 10.1 Å². The number of carbonyl (C=O) groups is 1. The SMILES string of the molecule is Cn1nccc1CCC(=O)c1ncccc1F. The van der Waals surface area contributed by atoms with Crippen LogP contribution in [0.2, 0.25) is 0 Å². The lowest BCUT2D eigenvalue weighted by Crippen LogP contribution is -2.08. The van der Waals surface area contributed by atoms with Crippen LogP contribution in [-0.4, -0.2) is 20.5 Å². The molecular formula is C12H12FN3O. The smallest absolute Gasteiger partial charge is 0.184 e. The molecule has 0 unspecified atom stereocenters. The van der Waals surface area contributed by atoms with Crippen molar-refractivity contribution in [1.29, 1.82) is 0 Å². The monoisotopic (exact) mass is 233 g/mol. The molecule has 2 aromatic rings. The molecule has 0 amide bonds. The van der Waals surface area contributed by atoms with Crippen molar-refractivity contribution in [3.05, 3.63) is 47.8 Å². The number of rotatable bonds is 4. The van der Waals surface area contributed by atoms with Crippen molar-refractivity contribution in [2.45, 2.75) is 12.8 Å². The number of Topliss-reactive ketones (excluding diaryl/α,β-unsaturated/α-hetero) is 1. The third-order valence-electron chi connectivity index (χ3n) is 2.55. The van der Waals surface area contributed by atoms with Gasteiger partial charge in [0.05, 0.1) is 0 Å². The van der Waals surface area contributed by atoms with E-state index in [1.54, 1.807) is 17.9 Å². The van der Waals surface area contributed by atoms with Crippen LogP contribution >= 0.6 is 0 Å². The fraction of sp³-hybridized carbons (Fsp3) is 0.250. The zero-order chi connectivity index (χ0) is 12.3. The largest absolute Gasteiger partial charge is 0.292 e. The summed E-state index contributed by atoms with van der Waals surface area (Å²) in [5.74, 6) is -0.855. The predicted octanol–water partition coefficient (Wildman–Crippen LogP) is 1.77. The van der Waals surface area contributed by atoms with Gasteiger partial charge in [-0.2, -0.15) is 5.10 Å². The Morgan fingerprint density at radius 2 is 2.24 bits per heavy atom. The van der Waals surface area contributed by atoms with Gasteiger partial charge in [-0.25, -0.2) is 4.39 Å². The molecule has 0 bridgehead atoms. The van der Waals surface area contributed by atoms with E-state index in [-0.39, 0.29) is 17.9 Å². The van der Waals surface area contributed by atoms with Crippen molar-refractivity contribution in [3.8, 4) is 0 Å². The van der Waals surface area contributed by atoms with E-state index in [1.807, 2.05) is 6.07 Å². The number of pyridine rings is 1. The highest BCUT2D eigenvalue weighted by molar-refractivity contribution is 5.94. The van der Waals surface area contributed by atoms with Crippen molar-refractivity contribution in [2.24, 2.45) is 7.05 Å². The first kappa shape index (κ1) is 11.4.